The van der Waals surface area contributed by atoms with E-state index in [-0.39, 0.29) is 17.9 Å². The first kappa shape index (κ1) is 17.7. The number of carbonyl (C=O) groups is 2. The molecule has 2 aliphatic rings. The monoisotopic (exact) mass is 389 g/mol. The molecule has 0 spiro atoms. The summed E-state index contributed by atoms with van der Waals surface area (Å²) in [5.74, 6) is -0.264. The number of amides is 1. The minimum absolute atomic E-state index is 0.185. The lowest BCUT2D eigenvalue weighted by molar-refractivity contribution is 0.0859. The fourth-order valence-corrected chi connectivity index (χ4v) is 4.23. The molecule has 2 heterocycles. The lowest BCUT2D eigenvalue weighted by atomic mass is 9.90. The van der Waals surface area contributed by atoms with Crippen LogP contribution in [0.25, 0.3) is 0 Å². The molecule has 142 valence electrons. The molecule has 1 aliphatic carbocycles. The predicted octanol–water partition coefficient (Wildman–Crippen LogP) is 2.48. The van der Waals surface area contributed by atoms with E-state index in [1.54, 1.807) is 6.07 Å². The smallest absolute Gasteiger partial charge is 0.404 e. The average Bonchev–Trinajstić information content (AvgIpc) is 2.97. The predicted molar refractivity (Wildman–Crippen MR) is 102 cm³/mol. The van der Waals surface area contributed by atoms with Crippen LogP contribution in [0.4, 0.5) is 16.3 Å². The highest BCUT2D eigenvalue weighted by Crippen LogP contribution is 2.38. The molecule has 2 aromatic rings. The van der Waals surface area contributed by atoms with Gasteiger partial charge in [0.25, 0.3) is 5.91 Å². The minimum atomic E-state index is -1.06. The van der Waals surface area contributed by atoms with Crippen LogP contribution in [-0.2, 0) is 12.8 Å². The summed E-state index contributed by atoms with van der Waals surface area (Å²) >= 11 is 6.25. The third kappa shape index (κ3) is 3.10. The van der Waals surface area contributed by atoms with Gasteiger partial charge in [0.1, 0.15) is 5.82 Å². The Hall–Kier alpha value is -2.74. The Morgan fingerprint density at radius 3 is 2.96 bits per heavy atom. The fourth-order valence-electron chi connectivity index (χ4n) is 3.98. The molecule has 1 amide bonds. The number of nitrogens with one attached hydrogen (secondary N) is 2. The Morgan fingerprint density at radius 2 is 2.19 bits per heavy atom. The largest absolute Gasteiger partial charge is 0.465 e. The number of nitrogens with two attached hydrogens (primary N) is 1. The summed E-state index contributed by atoms with van der Waals surface area (Å²) in [5.41, 5.74) is 9.39. The number of carboxylic acid groups (broad SMARTS) is 1. The first-order chi connectivity index (χ1) is 13.0. The summed E-state index contributed by atoms with van der Waals surface area (Å²) in [7, 11) is 0. The Balaban J connectivity index is 1.65. The summed E-state index contributed by atoms with van der Waals surface area (Å²) in [6.45, 7) is 0.638. The van der Waals surface area contributed by atoms with Crippen molar-refractivity contribution in [1.29, 1.82) is 0 Å². The van der Waals surface area contributed by atoms with Crippen molar-refractivity contribution in [2.24, 2.45) is 0 Å². The van der Waals surface area contributed by atoms with E-state index in [0.717, 1.165) is 22.5 Å². The number of hydrogen-bond acceptors (Lipinski definition) is 5. The molecule has 0 radical (unpaired) electrons. The van der Waals surface area contributed by atoms with E-state index in [1.807, 2.05) is 12.1 Å². The Labute approximate surface area is 160 Å². The van der Waals surface area contributed by atoms with E-state index < -0.39 is 6.09 Å². The molecule has 1 aromatic carbocycles. The van der Waals surface area contributed by atoms with Gasteiger partial charge in [0.15, 0.2) is 0 Å². The maximum absolute atomic E-state index is 13.2. The van der Waals surface area contributed by atoms with Gasteiger partial charge in [0.05, 0.1) is 22.3 Å². The van der Waals surface area contributed by atoms with Gasteiger partial charge >= 0.3 is 6.09 Å². The summed E-state index contributed by atoms with van der Waals surface area (Å²) in [6.07, 6.45) is 1.22. The average molecular weight is 390 g/mol. The molecule has 8 nitrogen and oxygen atoms in total. The van der Waals surface area contributed by atoms with E-state index in [0.29, 0.717) is 43.1 Å². The summed E-state index contributed by atoms with van der Waals surface area (Å²) < 4.78 is 1.29. The number of halogens is 1. The normalized spacial score (nSPS) is 20.9. The van der Waals surface area contributed by atoms with Crippen LogP contribution in [0.3, 0.4) is 0 Å². The molecular formula is C18H20ClN5O3. The number of benzene rings is 1. The van der Waals surface area contributed by atoms with Crippen molar-refractivity contribution in [2.45, 2.75) is 37.6 Å². The molecule has 1 aromatic heterocycles. The highest BCUT2D eigenvalue weighted by Gasteiger charge is 2.33. The molecule has 0 saturated heterocycles. The van der Waals surface area contributed by atoms with Crippen molar-refractivity contribution in [3.05, 3.63) is 40.0 Å². The standard InChI is InChI=1S/C18H20ClN5O3/c19-13-3-1-2-10-11(6-7-21-15(10)13)17(25)24-16(20)12-8-9(22-18(26)27)4-5-14(12)23-24/h1-3,9,11,21-22H,4-8,20H2,(H,26,27)/t9-,11?/m0/s1. The van der Waals surface area contributed by atoms with Gasteiger partial charge in [-0.1, -0.05) is 23.7 Å². The van der Waals surface area contributed by atoms with Gasteiger partial charge < -0.3 is 21.5 Å². The second-order valence-corrected chi connectivity index (χ2v) is 7.33. The number of rotatable bonds is 2. The van der Waals surface area contributed by atoms with E-state index in [4.69, 9.17) is 22.4 Å². The van der Waals surface area contributed by atoms with E-state index in [1.165, 1.54) is 4.68 Å². The maximum atomic E-state index is 13.2. The number of fused-ring (bicyclic) bond motifs is 2. The molecule has 1 aliphatic heterocycles. The molecule has 5 N–H and O–H groups in total. The third-order valence-corrected chi connectivity index (χ3v) is 5.59. The van der Waals surface area contributed by atoms with Crippen LogP contribution in [-0.4, -0.2) is 39.5 Å². The summed E-state index contributed by atoms with van der Waals surface area (Å²) in [6, 6.07) is 5.29. The number of anilines is 2. The van der Waals surface area contributed by atoms with Gasteiger partial charge in [-0.2, -0.15) is 9.78 Å². The molecule has 0 fully saturated rings. The van der Waals surface area contributed by atoms with Crippen LogP contribution in [0.15, 0.2) is 18.2 Å². The van der Waals surface area contributed by atoms with Crippen molar-refractivity contribution >= 4 is 35.1 Å². The maximum Gasteiger partial charge on any atom is 0.404 e. The van der Waals surface area contributed by atoms with Gasteiger partial charge in [-0.25, -0.2) is 4.79 Å². The number of nitrogen functional groups attached to an aromatic ring is 1. The highest BCUT2D eigenvalue weighted by molar-refractivity contribution is 6.33. The van der Waals surface area contributed by atoms with Gasteiger partial charge in [-0.3, -0.25) is 4.79 Å². The SMILES string of the molecule is Nc1c2c(nn1C(=O)C1CCNc3c(Cl)cccc31)CC[C@H](NC(=O)O)C2. The van der Waals surface area contributed by atoms with Crippen LogP contribution in [0.2, 0.25) is 5.02 Å². The zero-order valence-corrected chi connectivity index (χ0v) is 15.3. The Bertz CT molecular complexity index is 926. The quantitative estimate of drug-likeness (QED) is 0.625. The number of hydrogen-bond donors (Lipinski definition) is 4. The zero-order valence-electron chi connectivity index (χ0n) is 14.5. The third-order valence-electron chi connectivity index (χ3n) is 5.28. The second-order valence-electron chi connectivity index (χ2n) is 6.92. The van der Waals surface area contributed by atoms with Crippen LogP contribution in [0.1, 0.15) is 40.4 Å². The topological polar surface area (TPSA) is 122 Å². The number of nitrogens with zero attached hydrogens (tertiary/aromatic N) is 2. The minimum Gasteiger partial charge on any atom is -0.465 e. The van der Waals surface area contributed by atoms with Gasteiger partial charge in [-0.15, -0.1) is 0 Å². The van der Waals surface area contributed by atoms with Gasteiger partial charge in [-0.05, 0) is 37.3 Å². The summed E-state index contributed by atoms with van der Waals surface area (Å²) in [4.78, 5) is 24.1. The molecule has 1 unspecified atom stereocenters. The fraction of sp³-hybridized carbons (Fsp3) is 0.389. The van der Waals surface area contributed by atoms with E-state index in [9.17, 15) is 9.59 Å². The molecule has 0 bridgehead atoms. The highest BCUT2D eigenvalue weighted by atomic mass is 35.5. The molecule has 2 atom stereocenters. The second kappa shape index (κ2) is 6.77. The number of aryl methyl sites for hydroxylation is 1. The summed E-state index contributed by atoms with van der Waals surface area (Å²) in [5, 5.41) is 19.7. The lowest BCUT2D eigenvalue weighted by Gasteiger charge is -2.26. The van der Waals surface area contributed by atoms with Crippen molar-refractivity contribution in [3.8, 4) is 0 Å². The molecule has 0 saturated carbocycles. The van der Waals surface area contributed by atoms with Crippen LogP contribution in [0, 0.1) is 0 Å². The van der Waals surface area contributed by atoms with Crippen LogP contribution < -0.4 is 16.4 Å². The number of para-hydroxylation sites is 1. The first-order valence-corrected chi connectivity index (χ1v) is 9.25. The van der Waals surface area contributed by atoms with Crippen molar-refractivity contribution in [3.63, 3.8) is 0 Å². The van der Waals surface area contributed by atoms with E-state index in [2.05, 4.69) is 15.7 Å². The van der Waals surface area contributed by atoms with Crippen molar-refractivity contribution < 1.29 is 14.7 Å². The lowest BCUT2D eigenvalue weighted by Crippen LogP contribution is -2.37. The van der Waals surface area contributed by atoms with E-state index >= 15 is 0 Å². The van der Waals surface area contributed by atoms with Gasteiger partial charge in [0, 0.05) is 18.2 Å². The zero-order chi connectivity index (χ0) is 19.1. The Morgan fingerprint density at radius 1 is 1.37 bits per heavy atom. The van der Waals surface area contributed by atoms with Crippen LogP contribution in [0.5, 0.6) is 0 Å². The molecular weight excluding hydrogens is 370 g/mol. The van der Waals surface area contributed by atoms with Crippen molar-refractivity contribution in [1.82, 2.24) is 15.1 Å². The molecule has 9 heteroatoms. The first-order valence-electron chi connectivity index (χ1n) is 8.88. The van der Waals surface area contributed by atoms with Crippen molar-refractivity contribution in [2.75, 3.05) is 17.6 Å². The van der Waals surface area contributed by atoms with Gasteiger partial charge in [0.2, 0.25) is 0 Å². The molecule has 27 heavy (non-hydrogen) atoms. The molecule has 4 rings (SSSR count). The number of aromatic nitrogens is 2. The number of carbonyl (C=O) groups excluding carboxylic acids is 1. The van der Waals surface area contributed by atoms with Crippen LogP contribution >= 0.6 is 11.6 Å². The Kier molecular flexibility index (Phi) is 4.43.